The molecule has 1 atom stereocenters. The van der Waals surface area contributed by atoms with E-state index in [1.54, 1.807) is 0 Å². The molecule has 0 bridgehead atoms. The SMILES string of the molecule is O=C(Cc1ccc(Br)o1)C1CCNC1. The molecule has 1 unspecified atom stereocenters. The molecule has 14 heavy (non-hydrogen) atoms. The van der Waals surface area contributed by atoms with Crippen LogP contribution in [-0.2, 0) is 11.2 Å². The lowest BCUT2D eigenvalue weighted by molar-refractivity contribution is -0.121. The van der Waals surface area contributed by atoms with Crippen molar-refractivity contribution in [1.82, 2.24) is 5.32 Å². The molecule has 0 aromatic carbocycles. The Morgan fingerprint density at radius 3 is 3.07 bits per heavy atom. The van der Waals surface area contributed by atoms with Gasteiger partial charge in [0, 0.05) is 12.5 Å². The van der Waals surface area contributed by atoms with Gasteiger partial charge >= 0.3 is 0 Å². The highest BCUT2D eigenvalue weighted by molar-refractivity contribution is 9.10. The van der Waals surface area contributed by atoms with Crippen LogP contribution in [0.1, 0.15) is 12.2 Å². The van der Waals surface area contributed by atoms with Crippen molar-refractivity contribution < 1.29 is 9.21 Å². The van der Waals surface area contributed by atoms with Crippen LogP contribution >= 0.6 is 15.9 Å². The van der Waals surface area contributed by atoms with Crippen LogP contribution < -0.4 is 5.32 Å². The molecule has 1 aliphatic rings. The predicted octanol–water partition coefficient (Wildman–Crippen LogP) is 1.76. The lowest BCUT2D eigenvalue weighted by atomic mass is 10.0. The first kappa shape index (κ1) is 9.93. The third kappa shape index (κ3) is 2.25. The minimum Gasteiger partial charge on any atom is -0.454 e. The second-order valence-corrected chi connectivity index (χ2v) is 4.32. The maximum absolute atomic E-state index is 11.7. The number of nitrogens with one attached hydrogen (secondary N) is 1. The standard InChI is InChI=1S/C10H12BrNO2/c11-10-2-1-8(14-10)5-9(13)7-3-4-12-6-7/h1-2,7,12H,3-6H2. The molecule has 2 rings (SSSR count). The van der Waals surface area contributed by atoms with E-state index in [4.69, 9.17) is 4.42 Å². The van der Waals surface area contributed by atoms with Crippen LogP contribution in [0, 0.1) is 5.92 Å². The van der Waals surface area contributed by atoms with Gasteiger partial charge in [-0.25, -0.2) is 0 Å². The number of carbonyl (C=O) groups excluding carboxylic acids is 1. The molecule has 3 nitrogen and oxygen atoms in total. The molecule has 1 saturated heterocycles. The van der Waals surface area contributed by atoms with Gasteiger partial charge in [-0.3, -0.25) is 4.79 Å². The second-order valence-electron chi connectivity index (χ2n) is 3.54. The van der Waals surface area contributed by atoms with Crippen LogP contribution in [0.2, 0.25) is 0 Å². The number of furan rings is 1. The van der Waals surface area contributed by atoms with Crippen molar-refractivity contribution in [2.45, 2.75) is 12.8 Å². The van der Waals surface area contributed by atoms with E-state index in [1.165, 1.54) is 0 Å². The lowest BCUT2D eigenvalue weighted by Gasteiger charge is -2.04. The van der Waals surface area contributed by atoms with Gasteiger partial charge < -0.3 is 9.73 Å². The molecule has 76 valence electrons. The summed E-state index contributed by atoms with van der Waals surface area (Å²) in [5.74, 6) is 1.20. The average molecular weight is 258 g/mol. The van der Waals surface area contributed by atoms with Crippen LogP contribution in [0.3, 0.4) is 0 Å². The molecular formula is C10H12BrNO2. The second kappa shape index (κ2) is 4.28. The summed E-state index contributed by atoms with van der Waals surface area (Å²) >= 11 is 3.22. The number of Topliss-reactive ketones (excluding diaryl/α,β-unsaturated/α-hetero) is 1. The zero-order valence-corrected chi connectivity index (χ0v) is 9.34. The van der Waals surface area contributed by atoms with E-state index in [0.717, 1.165) is 25.3 Å². The molecule has 2 heterocycles. The van der Waals surface area contributed by atoms with Gasteiger partial charge in [0.25, 0.3) is 0 Å². The van der Waals surface area contributed by atoms with Crippen molar-refractivity contribution in [1.29, 1.82) is 0 Å². The maximum atomic E-state index is 11.7. The van der Waals surface area contributed by atoms with Crippen molar-refractivity contribution in [3.63, 3.8) is 0 Å². The zero-order chi connectivity index (χ0) is 9.97. The average Bonchev–Trinajstić information content (AvgIpc) is 2.75. The minimum absolute atomic E-state index is 0.180. The van der Waals surface area contributed by atoms with Crippen LogP contribution in [0.4, 0.5) is 0 Å². The fourth-order valence-corrected chi connectivity index (χ4v) is 2.03. The summed E-state index contributed by atoms with van der Waals surface area (Å²) in [4.78, 5) is 11.7. The van der Waals surface area contributed by atoms with E-state index < -0.39 is 0 Å². The molecule has 1 aromatic rings. The van der Waals surface area contributed by atoms with Gasteiger partial charge in [0.15, 0.2) is 4.67 Å². The van der Waals surface area contributed by atoms with Crippen molar-refractivity contribution in [2.24, 2.45) is 5.92 Å². The molecule has 0 radical (unpaired) electrons. The first-order valence-electron chi connectivity index (χ1n) is 4.73. The summed E-state index contributed by atoms with van der Waals surface area (Å²) in [7, 11) is 0. The number of hydrogen-bond acceptors (Lipinski definition) is 3. The lowest BCUT2D eigenvalue weighted by Crippen LogP contribution is -2.19. The third-order valence-electron chi connectivity index (χ3n) is 2.49. The Hall–Kier alpha value is -0.610. The monoisotopic (exact) mass is 257 g/mol. The molecule has 1 N–H and O–H groups in total. The number of ketones is 1. The largest absolute Gasteiger partial charge is 0.454 e. The Labute approximate surface area is 91.0 Å². The van der Waals surface area contributed by atoms with Gasteiger partial charge in [-0.1, -0.05) is 0 Å². The smallest absolute Gasteiger partial charge is 0.169 e. The zero-order valence-electron chi connectivity index (χ0n) is 7.75. The van der Waals surface area contributed by atoms with E-state index in [1.807, 2.05) is 12.1 Å². The molecule has 0 spiro atoms. The summed E-state index contributed by atoms with van der Waals surface area (Å²) in [6, 6.07) is 3.65. The van der Waals surface area contributed by atoms with Crippen molar-refractivity contribution in [2.75, 3.05) is 13.1 Å². The summed E-state index contributed by atoms with van der Waals surface area (Å²) < 4.78 is 5.97. The normalized spacial score (nSPS) is 21.4. The topological polar surface area (TPSA) is 42.2 Å². The molecular weight excluding hydrogens is 246 g/mol. The van der Waals surface area contributed by atoms with E-state index in [2.05, 4.69) is 21.2 Å². The van der Waals surface area contributed by atoms with Gasteiger partial charge in [0.05, 0.1) is 6.42 Å². The fourth-order valence-electron chi connectivity index (χ4n) is 1.69. The Kier molecular flexibility index (Phi) is 3.03. The Balaban J connectivity index is 1.93. The van der Waals surface area contributed by atoms with Crippen molar-refractivity contribution in [3.8, 4) is 0 Å². The summed E-state index contributed by atoms with van der Waals surface area (Å²) in [6.45, 7) is 1.78. The van der Waals surface area contributed by atoms with Gasteiger partial charge in [-0.15, -0.1) is 0 Å². The van der Waals surface area contributed by atoms with E-state index in [0.29, 0.717) is 11.1 Å². The molecule has 1 aliphatic heterocycles. The van der Waals surface area contributed by atoms with Crippen molar-refractivity contribution >= 4 is 21.7 Å². The Morgan fingerprint density at radius 1 is 1.64 bits per heavy atom. The molecule has 0 saturated carbocycles. The van der Waals surface area contributed by atoms with Crippen LogP contribution in [-0.4, -0.2) is 18.9 Å². The minimum atomic E-state index is 0.180. The first-order chi connectivity index (χ1) is 6.75. The molecule has 1 fully saturated rings. The number of rotatable bonds is 3. The van der Waals surface area contributed by atoms with Crippen LogP contribution in [0.5, 0.6) is 0 Å². The third-order valence-corrected chi connectivity index (χ3v) is 2.92. The van der Waals surface area contributed by atoms with Gasteiger partial charge in [-0.2, -0.15) is 0 Å². The van der Waals surface area contributed by atoms with Gasteiger partial charge in [0.2, 0.25) is 0 Å². The maximum Gasteiger partial charge on any atom is 0.169 e. The van der Waals surface area contributed by atoms with Crippen LogP contribution in [0.15, 0.2) is 21.2 Å². The summed E-state index contributed by atoms with van der Waals surface area (Å²) in [5, 5.41) is 3.18. The predicted molar refractivity (Wildman–Crippen MR) is 56.1 cm³/mol. The number of halogens is 1. The highest BCUT2D eigenvalue weighted by Crippen LogP contribution is 2.17. The number of carbonyl (C=O) groups is 1. The summed E-state index contributed by atoms with van der Waals surface area (Å²) in [5.41, 5.74) is 0. The van der Waals surface area contributed by atoms with Crippen molar-refractivity contribution in [3.05, 3.63) is 22.6 Å². The Morgan fingerprint density at radius 2 is 2.50 bits per heavy atom. The highest BCUT2D eigenvalue weighted by atomic mass is 79.9. The van der Waals surface area contributed by atoms with Crippen LogP contribution in [0.25, 0.3) is 0 Å². The Bertz CT molecular complexity index is 329. The molecule has 1 aromatic heterocycles. The van der Waals surface area contributed by atoms with Gasteiger partial charge in [0.1, 0.15) is 11.5 Å². The van der Waals surface area contributed by atoms with E-state index >= 15 is 0 Å². The number of hydrogen-bond donors (Lipinski definition) is 1. The summed E-state index contributed by atoms with van der Waals surface area (Å²) in [6.07, 6.45) is 1.37. The van der Waals surface area contributed by atoms with Gasteiger partial charge in [-0.05, 0) is 41.0 Å². The first-order valence-corrected chi connectivity index (χ1v) is 5.52. The molecule has 0 amide bonds. The highest BCUT2D eigenvalue weighted by Gasteiger charge is 2.22. The molecule has 4 heteroatoms. The van der Waals surface area contributed by atoms with E-state index in [-0.39, 0.29) is 11.7 Å². The van der Waals surface area contributed by atoms with E-state index in [9.17, 15) is 4.79 Å². The fraction of sp³-hybridized carbons (Fsp3) is 0.500. The quantitative estimate of drug-likeness (QED) is 0.898. The molecule has 0 aliphatic carbocycles.